The molecule has 22 heavy (non-hydrogen) atoms. The van der Waals surface area contributed by atoms with Gasteiger partial charge < -0.3 is 5.32 Å². The summed E-state index contributed by atoms with van der Waals surface area (Å²) in [4.78, 5) is 24.9. The Balaban J connectivity index is 1.71. The second-order valence-electron chi connectivity index (χ2n) is 4.67. The van der Waals surface area contributed by atoms with Crippen molar-refractivity contribution in [2.24, 2.45) is 0 Å². The van der Waals surface area contributed by atoms with E-state index in [0.717, 1.165) is 5.39 Å². The second kappa shape index (κ2) is 4.88. The van der Waals surface area contributed by atoms with Gasteiger partial charge in [0.25, 0.3) is 5.91 Å². The lowest BCUT2D eigenvalue weighted by molar-refractivity contribution is 0.102. The first-order chi connectivity index (χ1) is 10.8. The number of carbonyl (C=O) groups excluding carboxylic acids is 1. The summed E-state index contributed by atoms with van der Waals surface area (Å²) >= 11 is 0. The molecule has 0 saturated heterocycles. The van der Waals surface area contributed by atoms with Gasteiger partial charge in [-0.1, -0.05) is 6.07 Å². The van der Waals surface area contributed by atoms with Crippen molar-refractivity contribution in [1.29, 1.82) is 0 Å². The van der Waals surface area contributed by atoms with Crippen molar-refractivity contribution in [2.45, 2.75) is 0 Å². The summed E-state index contributed by atoms with van der Waals surface area (Å²) in [7, 11) is 0. The molecule has 1 amide bonds. The maximum Gasteiger partial charge on any atom is 0.258 e. The smallest absolute Gasteiger partial charge is 0.258 e. The molecular formula is C15H10N6O. The standard InChI is InChI=1S/C15H10N6O/c22-15(11-3-4-12-18-9-19-21(12)8-11)20-14-13-10(5-7-17-14)2-1-6-16-13/h1-9H,(H,17,20,22). The van der Waals surface area contributed by atoms with Crippen LogP contribution >= 0.6 is 0 Å². The molecule has 1 N–H and O–H groups in total. The Morgan fingerprint density at radius 3 is 2.95 bits per heavy atom. The number of rotatable bonds is 2. The number of hydrogen-bond acceptors (Lipinski definition) is 5. The Morgan fingerprint density at radius 2 is 2.00 bits per heavy atom. The van der Waals surface area contributed by atoms with E-state index in [0.29, 0.717) is 22.5 Å². The normalized spacial score (nSPS) is 10.9. The largest absolute Gasteiger partial charge is 0.305 e. The zero-order valence-electron chi connectivity index (χ0n) is 11.3. The predicted octanol–water partition coefficient (Wildman–Crippen LogP) is 1.92. The summed E-state index contributed by atoms with van der Waals surface area (Å²) in [5, 5.41) is 7.72. The third kappa shape index (κ3) is 2.05. The highest BCUT2D eigenvalue weighted by Gasteiger charge is 2.11. The molecule has 0 spiro atoms. The first-order valence-corrected chi connectivity index (χ1v) is 6.62. The Morgan fingerprint density at radius 1 is 1.05 bits per heavy atom. The summed E-state index contributed by atoms with van der Waals surface area (Å²) in [6.07, 6.45) is 6.37. The quantitative estimate of drug-likeness (QED) is 0.609. The van der Waals surface area contributed by atoms with Gasteiger partial charge in [-0.2, -0.15) is 5.10 Å². The van der Waals surface area contributed by atoms with Crippen molar-refractivity contribution in [3.05, 3.63) is 60.8 Å². The van der Waals surface area contributed by atoms with Gasteiger partial charge in [-0.25, -0.2) is 14.5 Å². The lowest BCUT2D eigenvalue weighted by Gasteiger charge is -2.07. The molecule has 4 heterocycles. The zero-order valence-corrected chi connectivity index (χ0v) is 11.3. The average Bonchev–Trinajstić information content (AvgIpc) is 3.02. The molecule has 4 aromatic heterocycles. The molecule has 0 aliphatic heterocycles. The van der Waals surface area contributed by atoms with E-state index in [4.69, 9.17) is 0 Å². The molecule has 0 aliphatic carbocycles. The number of pyridine rings is 3. The van der Waals surface area contributed by atoms with Gasteiger partial charge in [0, 0.05) is 24.0 Å². The number of amides is 1. The third-order valence-electron chi connectivity index (χ3n) is 3.29. The monoisotopic (exact) mass is 290 g/mol. The molecule has 0 aliphatic rings. The number of carbonyl (C=O) groups is 1. The van der Waals surface area contributed by atoms with Crippen molar-refractivity contribution in [2.75, 3.05) is 5.32 Å². The van der Waals surface area contributed by atoms with Gasteiger partial charge in [0.15, 0.2) is 11.5 Å². The zero-order chi connectivity index (χ0) is 14.9. The van der Waals surface area contributed by atoms with E-state index in [2.05, 4.69) is 25.4 Å². The Kier molecular flexibility index (Phi) is 2.75. The van der Waals surface area contributed by atoms with Crippen molar-refractivity contribution in [3.63, 3.8) is 0 Å². The van der Waals surface area contributed by atoms with Crippen LogP contribution < -0.4 is 5.32 Å². The fraction of sp³-hybridized carbons (Fsp3) is 0. The van der Waals surface area contributed by atoms with Gasteiger partial charge in [-0.05, 0) is 24.3 Å². The van der Waals surface area contributed by atoms with Crippen LogP contribution in [-0.2, 0) is 0 Å². The van der Waals surface area contributed by atoms with Gasteiger partial charge in [-0.3, -0.25) is 9.78 Å². The highest BCUT2D eigenvalue weighted by Crippen LogP contribution is 2.18. The molecule has 7 nitrogen and oxygen atoms in total. The highest BCUT2D eigenvalue weighted by molar-refractivity contribution is 6.07. The second-order valence-corrected chi connectivity index (χ2v) is 4.67. The molecule has 0 atom stereocenters. The van der Waals surface area contributed by atoms with Gasteiger partial charge >= 0.3 is 0 Å². The summed E-state index contributed by atoms with van der Waals surface area (Å²) in [5.41, 5.74) is 1.80. The fourth-order valence-electron chi connectivity index (χ4n) is 2.23. The van der Waals surface area contributed by atoms with Gasteiger partial charge in [0.1, 0.15) is 11.8 Å². The molecular weight excluding hydrogens is 280 g/mol. The number of fused-ring (bicyclic) bond motifs is 2. The van der Waals surface area contributed by atoms with E-state index in [-0.39, 0.29) is 5.91 Å². The fourth-order valence-corrected chi connectivity index (χ4v) is 2.23. The maximum atomic E-state index is 12.4. The lowest BCUT2D eigenvalue weighted by atomic mass is 10.2. The van der Waals surface area contributed by atoms with Crippen molar-refractivity contribution in [3.8, 4) is 0 Å². The van der Waals surface area contributed by atoms with Crippen molar-refractivity contribution >= 4 is 28.3 Å². The van der Waals surface area contributed by atoms with Crippen LogP contribution in [0, 0.1) is 0 Å². The van der Waals surface area contributed by atoms with Gasteiger partial charge in [0.05, 0.1) is 5.56 Å². The molecule has 4 rings (SSSR count). The minimum absolute atomic E-state index is 0.275. The molecule has 106 valence electrons. The predicted molar refractivity (Wildman–Crippen MR) is 80.5 cm³/mol. The Bertz CT molecular complexity index is 988. The van der Waals surface area contributed by atoms with E-state index < -0.39 is 0 Å². The molecule has 0 bridgehead atoms. The first-order valence-electron chi connectivity index (χ1n) is 6.62. The lowest BCUT2D eigenvalue weighted by Crippen LogP contribution is -2.14. The highest BCUT2D eigenvalue weighted by atomic mass is 16.1. The van der Waals surface area contributed by atoms with Crippen LogP contribution in [0.1, 0.15) is 10.4 Å². The molecule has 4 aromatic rings. The average molecular weight is 290 g/mol. The molecule has 0 aromatic carbocycles. The van der Waals surface area contributed by atoms with Crippen LogP contribution in [0.25, 0.3) is 16.6 Å². The van der Waals surface area contributed by atoms with E-state index in [9.17, 15) is 4.79 Å². The summed E-state index contributed by atoms with van der Waals surface area (Å²) in [5.74, 6) is 0.157. The first kappa shape index (κ1) is 12.4. The minimum atomic E-state index is -0.275. The molecule has 0 fully saturated rings. The van der Waals surface area contributed by atoms with E-state index >= 15 is 0 Å². The molecule has 0 unspecified atom stereocenters. The van der Waals surface area contributed by atoms with E-state index in [1.165, 1.54) is 6.33 Å². The number of aromatic nitrogens is 5. The van der Waals surface area contributed by atoms with Crippen LogP contribution in [0.5, 0.6) is 0 Å². The van der Waals surface area contributed by atoms with E-state index in [1.807, 2.05) is 18.2 Å². The third-order valence-corrected chi connectivity index (χ3v) is 3.29. The van der Waals surface area contributed by atoms with Crippen molar-refractivity contribution < 1.29 is 4.79 Å². The minimum Gasteiger partial charge on any atom is -0.305 e. The summed E-state index contributed by atoms with van der Waals surface area (Å²) in [6, 6.07) is 9.03. The van der Waals surface area contributed by atoms with Gasteiger partial charge in [-0.15, -0.1) is 0 Å². The van der Waals surface area contributed by atoms with Crippen LogP contribution in [-0.4, -0.2) is 30.5 Å². The number of anilines is 1. The SMILES string of the molecule is O=C(Nc1nccc2cccnc12)c1ccc2ncnn2c1. The van der Waals surface area contributed by atoms with Crippen LogP contribution in [0.3, 0.4) is 0 Å². The Hall–Kier alpha value is -3.35. The van der Waals surface area contributed by atoms with Crippen LogP contribution in [0.15, 0.2) is 55.2 Å². The van der Waals surface area contributed by atoms with Crippen LogP contribution in [0.2, 0.25) is 0 Å². The topological polar surface area (TPSA) is 85.1 Å². The molecule has 0 radical (unpaired) electrons. The number of hydrogen-bond donors (Lipinski definition) is 1. The maximum absolute atomic E-state index is 12.4. The summed E-state index contributed by atoms with van der Waals surface area (Å²) in [6.45, 7) is 0. The van der Waals surface area contributed by atoms with Crippen LogP contribution in [0.4, 0.5) is 5.82 Å². The van der Waals surface area contributed by atoms with E-state index in [1.54, 1.807) is 35.2 Å². The number of nitrogens with zero attached hydrogens (tertiary/aromatic N) is 5. The number of nitrogens with one attached hydrogen (secondary N) is 1. The molecule has 0 saturated carbocycles. The van der Waals surface area contributed by atoms with Gasteiger partial charge in [0.2, 0.25) is 0 Å². The Labute approximate surface area is 124 Å². The molecule has 7 heteroatoms. The summed E-state index contributed by atoms with van der Waals surface area (Å²) < 4.78 is 1.55. The van der Waals surface area contributed by atoms with Crippen molar-refractivity contribution in [1.82, 2.24) is 24.6 Å².